The fourth-order valence-corrected chi connectivity index (χ4v) is 3.14. The molecule has 0 amide bonds. The number of rotatable bonds is 6. The van der Waals surface area contributed by atoms with Crippen molar-refractivity contribution >= 4 is 39.6 Å². The lowest BCUT2D eigenvalue weighted by molar-refractivity contribution is -0.136. The molecule has 4 nitrogen and oxygen atoms in total. The van der Waals surface area contributed by atoms with Crippen molar-refractivity contribution in [3.8, 4) is 0 Å². The summed E-state index contributed by atoms with van der Waals surface area (Å²) in [5, 5.41) is 9.05. The van der Waals surface area contributed by atoms with Gasteiger partial charge in [-0.05, 0) is 55.0 Å². The average molecular weight is 395 g/mol. The number of carbonyl (C=O) groups is 2. The Kier molecular flexibility index (Phi) is 6.24. The van der Waals surface area contributed by atoms with E-state index in [1.54, 1.807) is 25.1 Å². The molecule has 0 aliphatic carbocycles. The third-order valence-electron chi connectivity index (χ3n) is 2.96. The Morgan fingerprint density at radius 3 is 2.39 bits per heavy atom. The highest BCUT2D eigenvalue weighted by molar-refractivity contribution is 9.10. The van der Waals surface area contributed by atoms with Crippen LogP contribution in [-0.4, -0.2) is 23.7 Å². The Labute approximate surface area is 147 Å². The maximum atomic E-state index is 11.9. The zero-order chi connectivity index (χ0) is 16.8. The highest BCUT2D eigenvalue weighted by Gasteiger charge is 2.15. The van der Waals surface area contributed by atoms with Gasteiger partial charge in [-0.2, -0.15) is 0 Å². The summed E-state index contributed by atoms with van der Waals surface area (Å²) in [4.78, 5) is 24.9. The summed E-state index contributed by atoms with van der Waals surface area (Å²) in [6.07, 6.45) is -0.219. The minimum atomic E-state index is -0.985. The Hall–Kier alpha value is -1.79. The summed E-state index contributed by atoms with van der Waals surface area (Å²) in [6, 6.07) is 12.9. The van der Waals surface area contributed by atoms with E-state index in [1.807, 2.05) is 24.3 Å². The lowest BCUT2D eigenvalue weighted by atomic mass is 10.0. The van der Waals surface area contributed by atoms with E-state index in [-0.39, 0.29) is 13.0 Å². The smallest absolute Gasteiger partial charge is 0.338 e. The number of carboxylic acids is 1. The van der Waals surface area contributed by atoms with Crippen LogP contribution in [0.3, 0.4) is 0 Å². The topological polar surface area (TPSA) is 63.6 Å². The molecule has 0 radical (unpaired) electrons. The average Bonchev–Trinajstić information content (AvgIpc) is 2.49. The molecule has 6 heteroatoms. The molecule has 0 unspecified atom stereocenters. The second-order valence-corrected chi connectivity index (χ2v) is 6.73. The zero-order valence-corrected chi connectivity index (χ0v) is 14.8. The summed E-state index contributed by atoms with van der Waals surface area (Å²) in [7, 11) is 0. The lowest BCUT2D eigenvalue weighted by Crippen LogP contribution is -2.11. The van der Waals surface area contributed by atoms with Crippen molar-refractivity contribution in [2.75, 3.05) is 6.61 Å². The fourth-order valence-electron chi connectivity index (χ4n) is 1.99. The summed E-state index contributed by atoms with van der Waals surface area (Å²) in [6.45, 7) is 1.97. The third-order valence-corrected chi connectivity index (χ3v) is 4.49. The second-order valence-electron chi connectivity index (χ2n) is 4.67. The van der Waals surface area contributed by atoms with Crippen LogP contribution in [-0.2, 0) is 16.0 Å². The Balaban J connectivity index is 2.29. The number of aliphatic carboxylic acids is 1. The van der Waals surface area contributed by atoms with E-state index in [0.717, 1.165) is 14.3 Å². The van der Waals surface area contributed by atoms with Gasteiger partial charge in [0, 0.05) is 14.3 Å². The number of esters is 1. The highest BCUT2D eigenvalue weighted by atomic mass is 79.9. The maximum absolute atomic E-state index is 11.9. The molecule has 2 aromatic rings. The second kappa shape index (κ2) is 8.17. The number of hydrogen-bond acceptors (Lipinski definition) is 4. The standard InChI is InChI=1S/C17H15BrO4S/c1-2-22-17(21)15-8-7-14(9-11(15)10-16(19)20)23-13-5-3-12(18)4-6-13/h3-9H,2,10H2,1H3,(H,19,20). The van der Waals surface area contributed by atoms with Gasteiger partial charge < -0.3 is 9.84 Å². The first-order valence-electron chi connectivity index (χ1n) is 6.95. The molecule has 2 aromatic carbocycles. The number of carbonyl (C=O) groups excluding carboxylic acids is 1. The lowest BCUT2D eigenvalue weighted by Gasteiger charge is -2.10. The minimum Gasteiger partial charge on any atom is -0.481 e. The number of ether oxygens (including phenoxy) is 1. The summed E-state index contributed by atoms with van der Waals surface area (Å²) in [5.41, 5.74) is 0.757. The molecule has 0 saturated carbocycles. The van der Waals surface area contributed by atoms with Gasteiger partial charge in [0.15, 0.2) is 0 Å². The van der Waals surface area contributed by atoms with Gasteiger partial charge in [-0.1, -0.05) is 27.7 Å². The molecule has 1 N–H and O–H groups in total. The van der Waals surface area contributed by atoms with Crippen LogP contribution in [0.4, 0.5) is 0 Å². The van der Waals surface area contributed by atoms with E-state index < -0.39 is 11.9 Å². The highest BCUT2D eigenvalue weighted by Crippen LogP contribution is 2.30. The summed E-state index contributed by atoms with van der Waals surface area (Å²) < 4.78 is 5.97. The first kappa shape index (κ1) is 17.6. The predicted octanol–water partition coefficient (Wildman–Crippen LogP) is 4.40. The number of halogens is 1. The number of benzene rings is 2. The van der Waals surface area contributed by atoms with Crippen LogP contribution in [0.15, 0.2) is 56.7 Å². The predicted molar refractivity (Wildman–Crippen MR) is 92.0 cm³/mol. The quantitative estimate of drug-likeness (QED) is 0.735. The molecule has 0 aromatic heterocycles. The fraction of sp³-hybridized carbons (Fsp3) is 0.176. The van der Waals surface area contributed by atoms with Crippen molar-refractivity contribution in [3.63, 3.8) is 0 Å². The molecule has 2 rings (SSSR count). The SMILES string of the molecule is CCOC(=O)c1ccc(Sc2ccc(Br)cc2)cc1CC(=O)O. The van der Waals surface area contributed by atoms with Gasteiger partial charge in [0.05, 0.1) is 18.6 Å². The normalized spacial score (nSPS) is 10.3. The first-order chi connectivity index (χ1) is 11.0. The zero-order valence-electron chi connectivity index (χ0n) is 12.4. The maximum Gasteiger partial charge on any atom is 0.338 e. The van der Waals surface area contributed by atoms with Gasteiger partial charge in [-0.3, -0.25) is 4.79 Å². The third kappa shape index (κ3) is 5.11. The van der Waals surface area contributed by atoms with Crippen LogP contribution in [0.25, 0.3) is 0 Å². The molecular weight excluding hydrogens is 380 g/mol. The van der Waals surface area contributed by atoms with E-state index in [0.29, 0.717) is 11.1 Å². The summed E-state index contributed by atoms with van der Waals surface area (Å²) >= 11 is 4.89. The molecule has 23 heavy (non-hydrogen) atoms. The Bertz CT molecular complexity index is 713. The van der Waals surface area contributed by atoms with Gasteiger partial charge in [0.25, 0.3) is 0 Å². The molecule has 0 aliphatic heterocycles. The molecule has 0 aliphatic rings. The van der Waals surface area contributed by atoms with Gasteiger partial charge >= 0.3 is 11.9 Å². The van der Waals surface area contributed by atoms with E-state index in [2.05, 4.69) is 15.9 Å². The largest absolute Gasteiger partial charge is 0.481 e. The van der Waals surface area contributed by atoms with Crippen LogP contribution in [0.2, 0.25) is 0 Å². The van der Waals surface area contributed by atoms with E-state index in [1.165, 1.54) is 11.8 Å². The van der Waals surface area contributed by atoms with Crippen molar-refractivity contribution < 1.29 is 19.4 Å². The van der Waals surface area contributed by atoms with Crippen LogP contribution in [0, 0.1) is 0 Å². The minimum absolute atomic E-state index is 0.219. The van der Waals surface area contributed by atoms with Crippen molar-refractivity contribution in [3.05, 3.63) is 58.1 Å². The monoisotopic (exact) mass is 394 g/mol. The molecule has 0 bridgehead atoms. The number of hydrogen-bond donors (Lipinski definition) is 1. The van der Waals surface area contributed by atoms with Crippen LogP contribution >= 0.6 is 27.7 Å². The number of carboxylic acid groups (broad SMARTS) is 1. The first-order valence-corrected chi connectivity index (χ1v) is 8.55. The van der Waals surface area contributed by atoms with Crippen molar-refractivity contribution in [2.45, 2.75) is 23.1 Å². The Morgan fingerprint density at radius 1 is 1.13 bits per heavy atom. The molecule has 0 spiro atoms. The van der Waals surface area contributed by atoms with Gasteiger partial charge in [0.2, 0.25) is 0 Å². The van der Waals surface area contributed by atoms with E-state index in [4.69, 9.17) is 9.84 Å². The van der Waals surface area contributed by atoms with Gasteiger partial charge in [0.1, 0.15) is 0 Å². The van der Waals surface area contributed by atoms with E-state index >= 15 is 0 Å². The molecular formula is C17H15BrO4S. The van der Waals surface area contributed by atoms with E-state index in [9.17, 15) is 9.59 Å². The van der Waals surface area contributed by atoms with Crippen molar-refractivity contribution in [1.29, 1.82) is 0 Å². The molecule has 0 fully saturated rings. The van der Waals surface area contributed by atoms with Crippen molar-refractivity contribution in [1.82, 2.24) is 0 Å². The van der Waals surface area contributed by atoms with Crippen LogP contribution in [0.1, 0.15) is 22.8 Å². The van der Waals surface area contributed by atoms with Gasteiger partial charge in [-0.15, -0.1) is 0 Å². The molecule has 120 valence electrons. The van der Waals surface area contributed by atoms with Crippen LogP contribution in [0.5, 0.6) is 0 Å². The van der Waals surface area contributed by atoms with Crippen LogP contribution < -0.4 is 0 Å². The Morgan fingerprint density at radius 2 is 1.78 bits per heavy atom. The summed E-state index contributed by atoms with van der Waals surface area (Å²) in [5.74, 6) is -1.48. The van der Waals surface area contributed by atoms with Crippen molar-refractivity contribution in [2.24, 2.45) is 0 Å². The molecule has 0 heterocycles. The van der Waals surface area contributed by atoms with Gasteiger partial charge in [-0.25, -0.2) is 4.79 Å². The molecule has 0 atom stereocenters. The molecule has 0 saturated heterocycles.